The van der Waals surface area contributed by atoms with Crippen LogP contribution in [0.5, 0.6) is 5.75 Å². The smallest absolute Gasteiger partial charge is 0.243 e. The third kappa shape index (κ3) is 4.47. The highest BCUT2D eigenvalue weighted by Crippen LogP contribution is 2.24. The second kappa shape index (κ2) is 8.93. The molecule has 0 bridgehead atoms. The molecule has 5 rings (SSSR count). The van der Waals surface area contributed by atoms with Crippen LogP contribution in [-0.2, 0) is 16.6 Å². The second-order valence-corrected chi connectivity index (χ2v) is 9.87. The number of aromatic nitrogens is 2. The standard InChI is InChI=1S/C24H24N4O4S/c1-31-21-9-6-19(7-10-21)24-25-23(32-26-24)17-27-12-14-28(15-13-27)33(29,30)22-11-8-18-4-2-3-5-20(18)16-22/h2-11,16H,12-15,17H2,1H3. The van der Waals surface area contributed by atoms with Crippen LogP contribution in [0.1, 0.15) is 5.89 Å². The third-order valence-electron chi connectivity index (χ3n) is 5.87. The van der Waals surface area contributed by atoms with Crippen LogP contribution in [0.15, 0.2) is 76.1 Å². The van der Waals surface area contributed by atoms with Crippen LogP contribution in [0, 0.1) is 0 Å². The number of sulfonamides is 1. The molecule has 1 aliphatic rings. The van der Waals surface area contributed by atoms with Gasteiger partial charge >= 0.3 is 0 Å². The first-order chi connectivity index (χ1) is 16.0. The zero-order valence-corrected chi connectivity index (χ0v) is 19.0. The van der Waals surface area contributed by atoms with Crippen molar-refractivity contribution in [3.05, 3.63) is 72.6 Å². The zero-order valence-electron chi connectivity index (χ0n) is 18.2. The lowest BCUT2D eigenvalue weighted by Crippen LogP contribution is -2.48. The molecule has 0 amide bonds. The molecule has 0 spiro atoms. The number of nitrogens with zero attached hydrogens (tertiary/aromatic N) is 4. The molecule has 1 aromatic heterocycles. The fraction of sp³-hybridized carbons (Fsp3) is 0.250. The molecule has 0 aliphatic carbocycles. The van der Waals surface area contributed by atoms with Crippen LogP contribution in [0.2, 0.25) is 0 Å². The molecule has 0 unspecified atom stereocenters. The van der Waals surface area contributed by atoms with E-state index in [0.717, 1.165) is 22.1 Å². The lowest BCUT2D eigenvalue weighted by atomic mass is 10.1. The van der Waals surface area contributed by atoms with Gasteiger partial charge in [-0.15, -0.1) is 0 Å². The highest BCUT2D eigenvalue weighted by atomic mass is 32.2. The lowest BCUT2D eigenvalue weighted by molar-refractivity contribution is 0.163. The van der Waals surface area contributed by atoms with Crippen LogP contribution in [0.25, 0.3) is 22.2 Å². The van der Waals surface area contributed by atoms with E-state index in [4.69, 9.17) is 9.26 Å². The van der Waals surface area contributed by atoms with Gasteiger partial charge in [0.05, 0.1) is 18.6 Å². The van der Waals surface area contributed by atoms with Crippen molar-refractivity contribution in [1.29, 1.82) is 0 Å². The molecule has 1 saturated heterocycles. The number of fused-ring (bicyclic) bond motifs is 1. The average Bonchev–Trinajstić information content (AvgIpc) is 3.32. The first kappa shape index (κ1) is 21.6. The minimum Gasteiger partial charge on any atom is -0.497 e. The van der Waals surface area contributed by atoms with Crippen LogP contribution >= 0.6 is 0 Å². The van der Waals surface area contributed by atoms with E-state index in [1.807, 2.05) is 54.6 Å². The van der Waals surface area contributed by atoms with Gasteiger partial charge in [0, 0.05) is 31.7 Å². The summed E-state index contributed by atoms with van der Waals surface area (Å²) in [6.45, 7) is 2.48. The van der Waals surface area contributed by atoms with E-state index >= 15 is 0 Å². The van der Waals surface area contributed by atoms with E-state index in [2.05, 4.69) is 15.0 Å². The van der Waals surface area contributed by atoms with Gasteiger partial charge in [0.15, 0.2) is 0 Å². The SMILES string of the molecule is COc1ccc(-c2noc(CN3CCN(S(=O)(=O)c4ccc5ccccc5c4)CC3)n2)cc1. The van der Waals surface area contributed by atoms with E-state index in [0.29, 0.717) is 49.3 Å². The predicted octanol–water partition coefficient (Wildman–Crippen LogP) is 3.40. The van der Waals surface area contributed by atoms with Gasteiger partial charge in [0.25, 0.3) is 0 Å². The van der Waals surface area contributed by atoms with Crippen LogP contribution in [0.4, 0.5) is 0 Å². The predicted molar refractivity (Wildman–Crippen MR) is 124 cm³/mol. The summed E-state index contributed by atoms with van der Waals surface area (Å²) >= 11 is 0. The summed E-state index contributed by atoms with van der Waals surface area (Å²) in [7, 11) is -1.92. The maximum absolute atomic E-state index is 13.2. The summed E-state index contributed by atoms with van der Waals surface area (Å²) in [4.78, 5) is 6.93. The van der Waals surface area contributed by atoms with Gasteiger partial charge in [-0.2, -0.15) is 9.29 Å². The third-order valence-corrected chi connectivity index (χ3v) is 7.76. The maximum atomic E-state index is 13.2. The van der Waals surface area contributed by atoms with Crippen molar-refractivity contribution in [2.75, 3.05) is 33.3 Å². The number of rotatable bonds is 6. The van der Waals surface area contributed by atoms with Crippen molar-refractivity contribution < 1.29 is 17.7 Å². The van der Waals surface area contributed by atoms with Gasteiger partial charge in [-0.1, -0.05) is 35.5 Å². The molecule has 0 N–H and O–H groups in total. The van der Waals surface area contributed by atoms with E-state index in [1.165, 1.54) is 0 Å². The molecular formula is C24H24N4O4S. The summed E-state index contributed by atoms with van der Waals surface area (Å²) in [6.07, 6.45) is 0. The van der Waals surface area contributed by atoms with Crippen molar-refractivity contribution in [1.82, 2.24) is 19.3 Å². The molecule has 0 saturated carbocycles. The Morgan fingerprint density at radius 1 is 0.939 bits per heavy atom. The summed E-state index contributed by atoms with van der Waals surface area (Å²) in [5.41, 5.74) is 0.845. The quantitative estimate of drug-likeness (QED) is 0.432. The van der Waals surface area contributed by atoms with Gasteiger partial charge in [0.1, 0.15) is 5.75 Å². The molecule has 9 heteroatoms. The van der Waals surface area contributed by atoms with Crippen molar-refractivity contribution in [3.8, 4) is 17.1 Å². The first-order valence-electron chi connectivity index (χ1n) is 10.7. The normalized spacial score (nSPS) is 15.7. The van der Waals surface area contributed by atoms with Gasteiger partial charge in [-0.25, -0.2) is 8.42 Å². The summed E-state index contributed by atoms with van der Waals surface area (Å²) < 4.78 is 38.5. The molecule has 2 heterocycles. The van der Waals surface area contributed by atoms with Crippen molar-refractivity contribution in [3.63, 3.8) is 0 Å². The molecule has 1 fully saturated rings. The molecule has 170 valence electrons. The molecule has 1 aliphatic heterocycles. The minimum absolute atomic E-state index is 0.329. The Labute approximate surface area is 192 Å². The highest BCUT2D eigenvalue weighted by Gasteiger charge is 2.29. The van der Waals surface area contributed by atoms with Gasteiger partial charge in [-0.3, -0.25) is 4.90 Å². The highest BCUT2D eigenvalue weighted by molar-refractivity contribution is 7.89. The van der Waals surface area contributed by atoms with Crippen LogP contribution in [0.3, 0.4) is 0 Å². The average molecular weight is 465 g/mol. The Hall–Kier alpha value is -3.27. The summed E-state index contributed by atoms with van der Waals surface area (Å²) in [5.74, 6) is 1.79. The number of hydrogen-bond acceptors (Lipinski definition) is 7. The van der Waals surface area contributed by atoms with E-state index in [-0.39, 0.29) is 0 Å². The Balaban J connectivity index is 1.22. The molecule has 33 heavy (non-hydrogen) atoms. The molecule has 0 radical (unpaired) electrons. The molecule has 8 nitrogen and oxygen atoms in total. The summed E-state index contributed by atoms with van der Waals surface area (Å²) in [5, 5.41) is 6.01. The van der Waals surface area contributed by atoms with Crippen molar-refractivity contribution in [2.24, 2.45) is 0 Å². The van der Waals surface area contributed by atoms with Gasteiger partial charge in [-0.05, 0) is 47.2 Å². The number of piperazine rings is 1. The largest absolute Gasteiger partial charge is 0.497 e. The molecule has 3 aromatic carbocycles. The van der Waals surface area contributed by atoms with E-state index < -0.39 is 10.0 Å². The van der Waals surface area contributed by atoms with Crippen LogP contribution in [-0.4, -0.2) is 61.1 Å². The number of hydrogen-bond donors (Lipinski definition) is 0. The lowest BCUT2D eigenvalue weighted by Gasteiger charge is -2.33. The zero-order chi connectivity index (χ0) is 22.8. The first-order valence-corrected chi connectivity index (χ1v) is 12.2. The molecular weight excluding hydrogens is 440 g/mol. The Bertz CT molecular complexity index is 1360. The minimum atomic E-state index is -3.54. The Kier molecular flexibility index (Phi) is 5.84. The van der Waals surface area contributed by atoms with Crippen molar-refractivity contribution >= 4 is 20.8 Å². The van der Waals surface area contributed by atoms with Crippen molar-refractivity contribution in [2.45, 2.75) is 11.4 Å². The number of ether oxygens (including phenoxy) is 1. The Morgan fingerprint density at radius 3 is 2.39 bits per heavy atom. The van der Waals surface area contributed by atoms with Gasteiger partial charge in [0.2, 0.25) is 21.7 Å². The fourth-order valence-electron chi connectivity index (χ4n) is 3.97. The summed E-state index contributed by atoms with van der Waals surface area (Å²) in [6, 6.07) is 20.5. The van der Waals surface area contributed by atoms with E-state index in [1.54, 1.807) is 23.5 Å². The molecule has 0 atom stereocenters. The molecule has 4 aromatic rings. The fourth-order valence-corrected chi connectivity index (χ4v) is 5.43. The van der Waals surface area contributed by atoms with E-state index in [9.17, 15) is 8.42 Å². The van der Waals surface area contributed by atoms with Gasteiger partial charge < -0.3 is 9.26 Å². The monoisotopic (exact) mass is 464 g/mol. The number of benzene rings is 3. The number of methoxy groups -OCH3 is 1. The van der Waals surface area contributed by atoms with Crippen LogP contribution < -0.4 is 4.74 Å². The Morgan fingerprint density at radius 2 is 1.67 bits per heavy atom. The topological polar surface area (TPSA) is 88.8 Å². The second-order valence-electron chi connectivity index (χ2n) is 7.93. The maximum Gasteiger partial charge on any atom is 0.243 e.